The predicted octanol–water partition coefficient (Wildman–Crippen LogP) is 3.02. The summed E-state index contributed by atoms with van der Waals surface area (Å²) >= 11 is 0. The summed E-state index contributed by atoms with van der Waals surface area (Å²) in [5.41, 5.74) is -0.594. The van der Waals surface area contributed by atoms with Crippen LogP contribution in [0.25, 0.3) is 0 Å². The fourth-order valence-electron chi connectivity index (χ4n) is 1.54. The van der Waals surface area contributed by atoms with Gasteiger partial charge in [0.05, 0.1) is 0 Å². The molecule has 19 heavy (non-hydrogen) atoms. The van der Waals surface area contributed by atoms with Crippen molar-refractivity contribution in [1.29, 1.82) is 0 Å². The van der Waals surface area contributed by atoms with Gasteiger partial charge in [-0.1, -0.05) is 19.1 Å². The molecule has 1 amide bonds. The Hall–Kier alpha value is -1.39. The molecular formula is C14H24FNO3. The van der Waals surface area contributed by atoms with Crippen molar-refractivity contribution in [2.45, 2.75) is 52.7 Å². The molecule has 0 saturated carbocycles. The number of hydrogen-bond acceptors (Lipinski definition) is 3. The van der Waals surface area contributed by atoms with Crippen molar-refractivity contribution in [3.8, 4) is 0 Å². The number of amides is 1. The maximum atomic E-state index is 12.1. The van der Waals surface area contributed by atoms with Gasteiger partial charge in [-0.25, -0.2) is 9.18 Å². The van der Waals surface area contributed by atoms with Crippen LogP contribution in [-0.4, -0.2) is 30.2 Å². The van der Waals surface area contributed by atoms with Gasteiger partial charge in [0.1, 0.15) is 18.1 Å². The van der Waals surface area contributed by atoms with Crippen molar-refractivity contribution in [2.75, 3.05) is 6.67 Å². The highest BCUT2D eigenvalue weighted by Crippen LogP contribution is 2.12. The number of ether oxygens (including phenoxy) is 1. The summed E-state index contributed by atoms with van der Waals surface area (Å²) in [6.45, 7) is 7.99. The van der Waals surface area contributed by atoms with Crippen molar-refractivity contribution in [3.63, 3.8) is 0 Å². The van der Waals surface area contributed by atoms with Gasteiger partial charge in [0.25, 0.3) is 0 Å². The molecule has 0 heterocycles. The molecule has 2 atom stereocenters. The molecular weight excluding hydrogens is 249 g/mol. The third-order valence-corrected chi connectivity index (χ3v) is 2.37. The Morgan fingerprint density at radius 1 is 1.37 bits per heavy atom. The first-order valence-electron chi connectivity index (χ1n) is 6.37. The smallest absolute Gasteiger partial charge is 0.407 e. The lowest BCUT2D eigenvalue weighted by Gasteiger charge is -2.25. The number of carbonyl (C=O) groups excluding carboxylic acids is 2. The number of halogens is 1. The van der Waals surface area contributed by atoms with E-state index in [0.717, 1.165) is 0 Å². The number of carbonyl (C=O) groups is 2. The molecule has 0 aliphatic heterocycles. The molecule has 4 nitrogen and oxygen atoms in total. The van der Waals surface area contributed by atoms with Gasteiger partial charge in [-0.3, -0.25) is 4.79 Å². The summed E-state index contributed by atoms with van der Waals surface area (Å²) in [5, 5.41) is 2.66. The van der Waals surface area contributed by atoms with Gasteiger partial charge < -0.3 is 10.1 Å². The molecule has 0 aromatic heterocycles. The minimum atomic E-state index is -0.594. The molecule has 0 rings (SSSR count). The number of allylic oxidation sites excluding steroid dienone is 1. The number of Topliss-reactive ketones (excluding diaryl/α,β-unsaturated/α-hetero) is 1. The molecule has 0 aliphatic rings. The second kappa shape index (κ2) is 7.92. The number of nitrogens with one attached hydrogen (secondary N) is 1. The molecule has 110 valence electrons. The van der Waals surface area contributed by atoms with E-state index < -0.39 is 24.4 Å². The van der Waals surface area contributed by atoms with Crippen LogP contribution in [0, 0.1) is 5.92 Å². The van der Waals surface area contributed by atoms with Crippen LogP contribution in [0.3, 0.4) is 0 Å². The van der Waals surface area contributed by atoms with Crippen molar-refractivity contribution in [1.82, 2.24) is 5.32 Å². The van der Waals surface area contributed by atoms with E-state index in [2.05, 4.69) is 5.32 Å². The van der Waals surface area contributed by atoms with E-state index in [1.54, 1.807) is 26.8 Å². The first-order valence-corrected chi connectivity index (χ1v) is 6.37. The third-order valence-electron chi connectivity index (χ3n) is 2.37. The molecule has 5 heteroatoms. The van der Waals surface area contributed by atoms with Crippen LogP contribution in [0.15, 0.2) is 12.2 Å². The van der Waals surface area contributed by atoms with E-state index in [1.807, 2.05) is 6.92 Å². The lowest BCUT2D eigenvalue weighted by Crippen LogP contribution is -2.42. The fourth-order valence-corrected chi connectivity index (χ4v) is 1.54. The summed E-state index contributed by atoms with van der Waals surface area (Å²) in [7, 11) is 0. The van der Waals surface area contributed by atoms with Crippen LogP contribution in [0.5, 0.6) is 0 Å². The molecule has 2 unspecified atom stereocenters. The lowest BCUT2D eigenvalue weighted by molar-refractivity contribution is -0.117. The first kappa shape index (κ1) is 17.6. The normalized spacial score (nSPS) is 15.1. The minimum Gasteiger partial charge on any atom is -0.444 e. The maximum Gasteiger partial charge on any atom is 0.407 e. The predicted molar refractivity (Wildman–Crippen MR) is 72.7 cm³/mol. The molecule has 0 aliphatic carbocycles. The standard InChI is InChI=1S/C14H24FNO3/c1-10(7-6-8-15)12(9-11(2)17)16-13(18)19-14(3,4)5/h6-7,10,12H,8-9H2,1-5H3,(H,16,18). The Labute approximate surface area is 114 Å². The van der Waals surface area contributed by atoms with Gasteiger partial charge in [0, 0.05) is 12.5 Å². The van der Waals surface area contributed by atoms with Gasteiger partial charge in [0.15, 0.2) is 0 Å². The average Bonchev–Trinajstić information content (AvgIpc) is 2.21. The van der Waals surface area contributed by atoms with E-state index >= 15 is 0 Å². The van der Waals surface area contributed by atoms with Crippen LogP contribution in [0.1, 0.15) is 41.0 Å². The average molecular weight is 273 g/mol. The van der Waals surface area contributed by atoms with Gasteiger partial charge in [-0.15, -0.1) is 0 Å². The topological polar surface area (TPSA) is 55.4 Å². The molecule has 0 bridgehead atoms. The Bertz CT molecular complexity index is 334. The lowest BCUT2D eigenvalue weighted by atomic mass is 9.97. The van der Waals surface area contributed by atoms with Crippen molar-refractivity contribution >= 4 is 11.9 Å². The third kappa shape index (κ3) is 9.22. The van der Waals surface area contributed by atoms with Gasteiger partial charge >= 0.3 is 6.09 Å². The summed E-state index contributed by atoms with van der Waals surface area (Å²) in [6.07, 6.45) is 2.63. The molecule has 0 radical (unpaired) electrons. The van der Waals surface area contributed by atoms with Crippen molar-refractivity contribution in [2.24, 2.45) is 5.92 Å². The maximum absolute atomic E-state index is 12.1. The number of alkyl halides is 1. The van der Waals surface area contributed by atoms with E-state index in [-0.39, 0.29) is 18.1 Å². The summed E-state index contributed by atoms with van der Waals surface area (Å²) in [5.74, 6) is -0.186. The molecule has 0 saturated heterocycles. The van der Waals surface area contributed by atoms with E-state index in [4.69, 9.17) is 4.74 Å². The zero-order valence-electron chi connectivity index (χ0n) is 12.3. The highest BCUT2D eigenvalue weighted by Gasteiger charge is 2.23. The van der Waals surface area contributed by atoms with Crippen molar-refractivity contribution < 1.29 is 18.7 Å². The molecule has 0 fully saturated rings. The number of alkyl carbamates (subject to hydrolysis) is 1. The van der Waals surface area contributed by atoms with E-state index in [0.29, 0.717) is 0 Å². The first-order chi connectivity index (χ1) is 8.65. The quantitative estimate of drug-likeness (QED) is 0.757. The van der Waals surface area contributed by atoms with Crippen LogP contribution < -0.4 is 5.32 Å². The van der Waals surface area contributed by atoms with E-state index in [9.17, 15) is 14.0 Å². The summed E-state index contributed by atoms with van der Waals surface area (Å²) < 4.78 is 17.2. The summed E-state index contributed by atoms with van der Waals surface area (Å²) in [6, 6.07) is -0.393. The zero-order valence-corrected chi connectivity index (χ0v) is 12.3. The Balaban J connectivity index is 4.63. The number of rotatable bonds is 6. The Morgan fingerprint density at radius 2 is 1.95 bits per heavy atom. The van der Waals surface area contributed by atoms with Crippen LogP contribution in [0.4, 0.5) is 9.18 Å². The fraction of sp³-hybridized carbons (Fsp3) is 0.714. The molecule has 1 N–H and O–H groups in total. The monoisotopic (exact) mass is 273 g/mol. The largest absolute Gasteiger partial charge is 0.444 e. The summed E-state index contributed by atoms with van der Waals surface area (Å²) in [4.78, 5) is 22.9. The Morgan fingerprint density at radius 3 is 2.37 bits per heavy atom. The van der Waals surface area contributed by atoms with Gasteiger partial charge in [-0.2, -0.15) is 0 Å². The highest BCUT2D eigenvalue weighted by atomic mass is 19.1. The zero-order chi connectivity index (χ0) is 15.1. The van der Waals surface area contributed by atoms with Gasteiger partial charge in [-0.05, 0) is 33.6 Å². The Kier molecular flexibility index (Phi) is 7.34. The van der Waals surface area contributed by atoms with Crippen LogP contribution >= 0.6 is 0 Å². The SMILES string of the molecule is CC(=O)CC(NC(=O)OC(C)(C)C)C(C)C=CCF. The second-order valence-electron chi connectivity index (χ2n) is 5.60. The molecule has 0 aromatic carbocycles. The number of hydrogen-bond donors (Lipinski definition) is 1. The number of ketones is 1. The van der Waals surface area contributed by atoms with Crippen LogP contribution in [0.2, 0.25) is 0 Å². The van der Waals surface area contributed by atoms with Crippen molar-refractivity contribution in [3.05, 3.63) is 12.2 Å². The molecule has 0 spiro atoms. The second-order valence-corrected chi connectivity index (χ2v) is 5.60. The van der Waals surface area contributed by atoms with Crippen LogP contribution in [-0.2, 0) is 9.53 Å². The molecule has 0 aromatic rings. The van der Waals surface area contributed by atoms with Gasteiger partial charge in [0.2, 0.25) is 0 Å². The minimum absolute atomic E-state index is 0.0402. The highest BCUT2D eigenvalue weighted by molar-refractivity contribution is 5.77. The van der Waals surface area contributed by atoms with E-state index in [1.165, 1.54) is 13.0 Å².